The molecule has 57 heavy (non-hydrogen) atoms. The maximum absolute atomic E-state index is 12.0. The van der Waals surface area contributed by atoms with Crippen LogP contribution in [0.5, 0.6) is 0 Å². The van der Waals surface area contributed by atoms with Crippen molar-refractivity contribution in [1.29, 1.82) is 0 Å². The second-order valence-electron chi connectivity index (χ2n) is 17.8. The van der Waals surface area contributed by atoms with E-state index in [2.05, 4.69) is 31.2 Å². The SMILES string of the molecule is CCCCCCCC/C=C\CCCCCCCC(=O)OCCCCCCCC/C=C\CCCCCCCCCCCCCCCCCCCCCCCCCC=O. The van der Waals surface area contributed by atoms with Gasteiger partial charge < -0.3 is 9.53 Å². The van der Waals surface area contributed by atoms with Gasteiger partial charge in [-0.25, -0.2) is 0 Å². The highest BCUT2D eigenvalue weighted by molar-refractivity contribution is 5.69. The summed E-state index contributed by atoms with van der Waals surface area (Å²) in [7, 11) is 0. The Bertz CT molecular complexity index is 816. The van der Waals surface area contributed by atoms with E-state index >= 15 is 0 Å². The van der Waals surface area contributed by atoms with Crippen molar-refractivity contribution in [3.8, 4) is 0 Å². The molecule has 0 rings (SSSR count). The zero-order valence-corrected chi connectivity index (χ0v) is 38.8. The number of carbonyl (C=O) groups is 2. The molecule has 0 saturated carbocycles. The van der Waals surface area contributed by atoms with E-state index in [9.17, 15) is 9.59 Å². The van der Waals surface area contributed by atoms with E-state index in [4.69, 9.17) is 4.74 Å². The lowest BCUT2D eigenvalue weighted by Gasteiger charge is -2.05. The summed E-state index contributed by atoms with van der Waals surface area (Å²) in [5, 5.41) is 0. The van der Waals surface area contributed by atoms with Crippen molar-refractivity contribution in [2.24, 2.45) is 0 Å². The van der Waals surface area contributed by atoms with Crippen LogP contribution in [0.1, 0.15) is 302 Å². The predicted octanol–water partition coefficient (Wildman–Crippen LogP) is 18.8. The Balaban J connectivity index is 3.19. The summed E-state index contributed by atoms with van der Waals surface area (Å²) in [4.78, 5) is 22.3. The number of hydrogen-bond acceptors (Lipinski definition) is 3. The lowest BCUT2D eigenvalue weighted by molar-refractivity contribution is -0.143. The number of unbranched alkanes of at least 4 members (excludes halogenated alkanes) is 41. The fraction of sp³-hybridized carbons (Fsp3) is 0.889. The van der Waals surface area contributed by atoms with E-state index in [0.717, 1.165) is 38.4 Å². The molecule has 336 valence electrons. The fourth-order valence-electron chi connectivity index (χ4n) is 8.11. The minimum atomic E-state index is 0.0108. The van der Waals surface area contributed by atoms with Gasteiger partial charge in [-0.3, -0.25) is 4.79 Å². The summed E-state index contributed by atoms with van der Waals surface area (Å²) in [6.07, 6.45) is 71.0. The van der Waals surface area contributed by atoms with Crippen LogP contribution in [0.4, 0.5) is 0 Å². The van der Waals surface area contributed by atoms with Gasteiger partial charge in [0.1, 0.15) is 6.29 Å². The summed E-state index contributed by atoms with van der Waals surface area (Å²) in [6, 6.07) is 0. The first-order valence-corrected chi connectivity index (χ1v) is 26.2. The Labute approximate surface area is 358 Å². The molecule has 0 aromatic heterocycles. The van der Waals surface area contributed by atoms with E-state index < -0.39 is 0 Å². The van der Waals surface area contributed by atoms with Gasteiger partial charge in [-0.1, -0.05) is 243 Å². The second-order valence-corrected chi connectivity index (χ2v) is 17.8. The van der Waals surface area contributed by atoms with Crippen LogP contribution in [-0.4, -0.2) is 18.9 Å². The fourth-order valence-corrected chi connectivity index (χ4v) is 8.11. The van der Waals surface area contributed by atoms with Crippen LogP contribution in [-0.2, 0) is 14.3 Å². The van der Waals surface area contributed by atoms with Crippen molar-refractivity contribution in [2.75, 3.05) is 6.61 Å². The van der Waals surface area contributed by atoms with E-state index in [1.165, 1.54) is 257 Å². The zero-order valence-electron chi connectivity index (χ0n) is 38.8. The van der Waals surface area contributed by atoms with E-state index in [-0.39, 0.29) is 5.97 Å². The lowest BCUT2D eigenvalue weighted by Crippen LogP contribution is -2.05. The molecule has 0 aliphatic heterocycles. The third-order valence-corrected chi connectivity index (χ3v) is 12.0. The van der Waals surface area contributed by atoms with Crippen molar-refractivity contribution in [1.82, 2.24) is 0 Å². The normalized spacial score (nSPS) is 11.7. The number of esters is 1. The number of aldehydes is 1. The predicted molar refractivity (Wildman–Crippen MR) is 253 cm³/mol. The molecule has 0 amide bonds. The molecule has 0 atom stereocenters. The van der Waals surface area contributed by atoms with Crippen molar-refractivity contribution in [2.45, 2.75) is 302 Å². The molecule has 0 spiro atoms. The maximum atomic E-state index is 12.0. The summed E-state index contributed by atoms with van der Waals surface area (Å²) in [5.41, 5.74) is 0. The molecular weight excluding hydrogens is 697 g/mol. The monoisotopic (exact) mass is 799 g/mol. The Morgan fingerprint density at radius 1 is 0.316 bits per heavy atom. The van der Waals surface area contributed by atoms with Gasteiger partial charge in [0.2, 0.25) is 0 Å². The Kier molecular flexibility index (Phi) is 51.4. The van der Waals surface area contributed by atoms with Gasteiger partial charge >= 0.3 is 5.97 Å². The molecule has 0 aromatic carbocycles. The molecule has 0 bridgehead atoms. The molecule has 0 N–H and O–H groups in total. The molecule has 3 heteroatoms. The van der Waals surface area contributed by atoms with Crippen LogP contribution in [0.3, 0.4) is 0 Å². The van der Waals surface area contributed by atoms with Gasteiger partial charge in [-0.05, 0) is 70.6 Å². The highest BCUT2D eigenvalue weighted by atomic mass is 16.5. The van der Waals surface area contributed by atoms with Gasteiger partial charge in [0.05, 0.1) is 6.61 Å². The number of carbonyl (C=O) groups excluding carboxylic acids is 2. The number of rotatable bonds is 50. The first kappa shape index (κ1) is 55.6. The third-order valence-electron chi connectivity index (χ3n) is 12.0. The minimum absolute atomic E-state index is 0.0108. The van der Waals surface area contributed by atoms with E-state index in [1.54, 1.807) is 0 Å². The van der Waals surface area contributed by atoms with Crippen LogP contribution in [0.25, 0.3) is 0 Å². The first-order chi connectivity index (χ1) is 28.3. The van der Waals surface area contributed by atoms with Crippen LogP contribution >= 0.6 is 0 Å². The highest BCUT2D eigenvalue weighted by Gasteiger charge is 2.03. The smallest absolute Gasteiger partial charge is 0.305 e. The quantitative estimate of drug-likeness (QED) is 0.0266. The summed E-state index contributed by atoms with van der Waals surface area (Å²) in [6.45, 7) is 2.89. The van der Waals surface area contributed by atoms with E-state index in [0.29, 0.717) is 13.0 Å². The molecule has 0 heterocycles. The standard InChI is InChI=1S/C54H102O3/c1-2-3-4-5-6-7-8-9-30-33-36-39-42-45-48-51-54(56)57-53-50-47-44-41-38-35-32-29-27-25-23-21-19-17-15-13-11-10-12-14-16-18-20-22-24-26-28-31-34-37-40-43-46-49-52-55/h9,27,29-30,52H,2-8,10-26,28,31-51,53H2,1H3/b29-27-,30-9-. The molecule has 0 aliphatic rings. The molecule has 0 radical (unpaired) electrons. The number of ether oxygens (including phenoxy) is 1. The van der Waals surface area contributed by atoms with Crippen molar-refractivity contribution in [3.63, 3.8) is 0 Å². The molecule has 0 aromatic rings. The molecule has 0 fully saturated rings. The van der Waals surface area contributed by atoms with Crippen LogP contribution in [0, 0.1) is 0 Å². The molecule has 0 saturated heterocycles. The molecule has 0 unspecified atom stereocenters. The van der Waals surface area contributed by atoms with Crippen LogP contribution in [0.15, 0.2) is 24.3 Å². The van der Waals surface area contributed by atoms with Gasteiger partial charge in [0.15, 0.2) is 0 Å². The van der Waals surface area contributed by atoms with Crippen LogP contribution < -0.4 is 0 Å². The minimum Gasteiger partial charge on any atom is -0.466 e. The van der Waals surface area contributed by atoms with E-state index in [1.807, 2.05) is 0 Å². The summed E-state index contributed by atoms with van der Waals surface area (Å²) >= 11 is 0. The topological polar surface area (TPSA) is 43.4 Å². The van der Waals surface area contributed by atoms with Gasteiger partial charge in [0.25, 0.3) is 0 Å². The van der Waals surface area contributed by atoms with Crippen molar-refractivity contribution >= 4 is 12.3 Å². The first-order valence-electron chi connectivity index (χ1n) is 26.2. The molecular formula is C54H102O3. The number of hydrogen-bond donors (Lipinski definition) is 0. The van der Waals surface area contributed by atoms with Gasteiger partial charge in [-0.15, -0.1) is 0 Å². The highest BCUT2D eigenvalue weighted by Crippen LogP contribution is 2.17. The van der Waals surface area contributed by atoms with Gasteiger partial charge in [0, 0.05) is 12.8 Å². The molecule has 3 nitrogen and oxygen atoms in total. The van der Waals surface area contributed by atoms with Crippen molar-refractivity contribution in [3.05, 3.63) is 24.3 Å². The van der Waals surface area contributed by atoms with Crippen LogP contribution in [0.2, 0.25) is 0 Å². The lowest BCUT2D eigenvalue weighted by atomic mass is 10.0. The average molecular weight is 799 g/mol. The Hall–Kier alpha value is -1.38. The molecule has 0 aliphatic carbocycles. The second kappa shape index (κ2) is 52.6. The third kappa shape index (κ3) is 52.6. The summed E-state index contributed by atoms with van der Waals surface area (Å²) < 4.78 is 5.47. The summed E-state index contributed by atoms with van der Waals surface area (Å²) in [5.74, 6) is 0.0108. The van der Waals surface area contributed by atoms with Gasteiger partial charge in [-0.2, -0.15) is 0 Å². The van der Waals surface area contributed by atoms with Crippen molar-refractivity contribution < 1.29 is 14.3 Å². The zero-order chi connectivity index (χ0) is 41.1. The maximum Gasteiger partial charge on any atom is 0.305 e. The number of allylic oxidation sites excluding steroid dienone is 4. The Morgan fingerprint density at radius 2 is 0.561 bits per heavy atom. The Morgan fingerprint density at radius 3 is 0.860 bits per heavy atom. The average Bonchev–Trinajstić information content (AvgIpc) is 3.22. The largest absolute Gasteiger partial charge is 0.466 e.